The van der Waals surface area contributed by atoms with Gasteiger partial charge in [0, 0.05) is 37.2 Å². The standard InChI is InChI=1S/C23H25N3O3/c1-29-13-5-12-24-23(28)19-8-4-9-21(15-19)26-22(27)16-25-20-11-10-17-6-2-3-7-18(17)14-20/h2-4,6-11,14-15,25H,5,12-13,16H2,1H3,(H,24,28)(H,26,27). The number of anilines is 2. The van der Waals surface area contributed by atoms with Crippen molar-refractivity contribution in [3.63, 3.8) is 0 Å². The Morgan fingerprint density at radius 2 is 1.72 bits per heavy atom. The van der Waals surface area contributed by atoms with Gasteiger partial charge in [-0.2, -0.15) is 0 Å². The SMILES string of the molecule is COCCCNC(=O)c1cccc(NC(=O)CNc2ccc3ccccc3c2)c1. The number of fused-ring (bicyclic) bond motifs is 1. The molecule has 0 saturated carbocycles. The number of amides is 2. The predicted octanol–water partition coefficient (Wildman–Crippen LogP) is 3.66. The molecule has 0 aromatic heterocycles. The minimum absolute atomic E-state index is 0.131. The highest BCUT2D eigenvalue weighted by Gasteiger charge is 2.08. The van der Waals surface area contributed by atoms with Crippen molar-refractivity contribution in [1.82, 2.24) is 5.32 Å². The molecule has 3 rings (SSSR count). The van der Waals surface area contributed by atoms with E-state index in [0.29, 0.717) is 24.4 Å². The normalized spacial score (nSPS) is 10.5. The van der Waals surface area contributed by atoms with Crippen LogP contribution < -0.4 is 16.0 Å². The number of methoxy groups -OCH3 is 1. The molecule has 0 fully saturated rings. The molecule has 0 heterocycles. The van der Waals surface area contributed by atoms with Crippen LogP contribution in [-0.4, -0.2) is 38.6 Å². The Bertz CT molecular complexity index is 988. The number of hydrogen-bond acceptors (Lipinski definition) is 4. The summed E-state index contributed by atoms with van der Waals surface area (Å²) in [5.41, 5.74) is 1.96. The van der Waals surface area contributed by atoms with Gasteiger partial charge in [0.1, 0.15) is 0 Å². The Labute approximate surface area is 170 Å². The maximum Gasteiger partial charge on any atom is 0.251 e. The maximum atomic E-state index is 12.3. The third-order valence-corrected chi connectivity index (χ3v) is 4.42. The summed E-state index contributed by atoms with van der Waals surface area (Å²) in [7, 11) is 1.63. The number of hydrogen-bond donors (Lipinski definition) is 3. The fourth-order valence-corrected chi connectivity index (χ4v) is 2.95. The number of rotatable bonds is 9. The van der Waals surface area contributed by atoms with Crippen LogP contribution in [0.2, 0.25) is 0 Å². The maximum absolute atomic E-state index is 12.3. The average Bonchev–Trinajstić information content (AvgIpc) is 2.75. The van der Waals surface area contributed by atoms with Crippen molar-refractivity contribution in [2.45, 2.75) is 6.42 Å². The molecular weight excluding hydrogens is 366 g/mol. The summed E-state index contributed by atoms with van der Waals surface area (Å²) in [5.74, 6) is -0.359. The highest BCUT2D eigenvalue weighted by Crippen LogP contribution is 2.18. The van der Waals surface area contributed by atoms with E-state index in [1.165, 1.54) is 0 Å². The number of nitrogens with one attached hydrogen (secondary N) is 3. The molecule has 0 aliphatic carbocycles. The third kappa shape index (κ3) is 6.05. The first-order chi connectivity index (χ1) is 14.2. The Hall–Kier alpha value is -3.38. The molecule has 6 heteroatoms. The molecule has 2 amide bonds. The highest BCUT2D eigenvalue weighted by atomic mass is 16.5. The van der Waals surface area contributed by atoms with Crippen LogP contribution in [0.3, 0.4) is 0 Å². The first-order valence-electron chi connectivity index (χ1n) is 9.55. The van der Waals surface area contributed by atoms with Crippen molar-refractivity contribution >= 4 is 34.0 Å². The Kier molecular flexibility index (Phi) is 7.19. The van der Waals surface area contributed by atoms with E-state index < -0.39 is 0 Å². The highest BCUT2D eigenvalue weighted by molar-refractivity contribution is 5.98. The fourth-order valence-electron chi connectivity index (χ4n) is 2.95. The number of carbonyl (C=O) groups excluding carboxylic acids is 2. The lowest BCUT2D eigenvalue weighted by Gasteiger charge is -2.10. The van der Waals surface area contributed by atoms with Gasteiger partial charge in [-0.3, -0.25) is 9.59 Å². The van der Waals surface area contributed by atoms with Crippen molar-refractivity contribution in [2.24, 2.45) is 0 Å². The molecule has 0 spiro atoms. The molecule has 0 bridgehead atoms. The lowest BCUT2D eigenvalue weighted by Crippen LogP contribution is -2.25. The quantitative estimate of drug-likeness (QED) is 0.487. The van der Waals surface area contributed by atoms with Crippen LogP contribution in [0.25, 0.3) is 10.8 Å². The lowest BCUT2D eigenvalue weighted by molar-refractivity contribution is -0.114. The molecule has 150 valence electrons. The Balaban J connectivity index is 1.52. The smallest absolute Gasteiger partial charge is 0.251 e. The van der Waals surface area contributed by atoms with E-state index in [0.717, 1.165) is 22.9 Å². The van der Waals surface area contributed by atoms with Gasteiger partial charge in [0.25, 0.3) is 5.91 Å². The van der Waals surface area contributed by atoms with Crippen LogP contribution in [0, 0.1) is 0 Å². The van der Waals surface area contributed by atoms with Gasteiger partial charge in [0.2, 0.25) is 5.91 Å². The minimum Gasteiger partial charge on any atom is -0.385 e. The van der Waals surface area contributed by atoms with E-state index in [1.54, 1.807) is 31.4 Å². The topological polar surface area (TPSA) is 79.5 Å². The zero-order valence-corrected chi connectivity index (χ0v) is 16.4. The fraction of sp³-hybridized carbons (Fsp3) is 0.217. The van der Waals surface area contributed by atoms with Crippen molar-refractivity contribution in [3.05, 3.63) is 72.3 Å². The van der Waals surface area contributed by atoms with Crippen LogP contribution in [0.4, 0.5) is 11.4 Å². The summed E-state index contributed by atoms with van der Waals surface area (Å²) in [6.07, 6.45) is 0.749. The molecule has 3 N–H and O–H groups in total. The molecule has 3 aromatic carbocycles. The van der Waals surface area contributed by atoms with Gasteiger partial charge in [-0.05, 0) is 47.5 Å². The molecule has 3 aromatic rings. The van der Waals surface area contributed by atoms with Crippen molar-refractivity contribution in [1.29, 1.82) is 0 Å². The number of ether oxygens (including phenoxy) is 1. The Morgan fingerprint density at radius 3 is 2.55 bits per heavy atom. The molecule has 0 unspecified atom stereocenters. The summed E-state index contributed by atoms with van der Waals surface area (Å²) in [6.45, 7) is 1.27. The van der Waals surface area contributed by atoms with Crippen LogP contribution in [-0.2, 0) is 9.53 Å². The second-order valence-corrected chi connectivity index (χ2v) is 6.65. The van der Waals surface area contributed by atoms with E-state index in [2.05, 4.69) is 16.0 Å². The monoisotopic (exact) mass is 391 g/mol. The summed E-state index contributed by atoms with van der Waals surface area (Å²) in [6, 6.07) is 20.9. The molecule has 0 aliphatic rings. The largest absolute Gasteiger partial charge is 0.385 e. The summed E-state index contributed by atoms with van der Waals surface area (Å²) >= 11 is 0. The van der Waals surface area contributed by atoms with E-state index in [1.807, 2.05) is 42.5 Å². The van der Waals surface area contributed by atoms with E-state index in [-0.39, 0.29) is 18.4 Å². The van der Waals surface area contributed by atoms with Crippen molar-refractivity contribution in [3.8, 4) is 0 Å². The van der Waals surface area contributed by atoms with Crippen LogP contribution in [0.5, 0.6) is 0 Å². The molecule has 0 radical (unpaired) electrons. The van der Waals surface area contributed by atoms with Gasteiger partial charge < -0.3 is 20.7 Å². The third-order valence-electron chi connectivity index (χ3n) is 4.42. The lowest BCUT2D eigenvalue weighted by atomic mass is 10.1. The Morgan fingerprint density at radius 1 is 0.897 bits per heavy atom. The second-order valence-electron chi connectivity index (χ2n) is 6.65. The van der Waals surface area contributed by atoms with Crippen LogP contribution >= 0.6 is 0 Å². The van der Waals surface area contributed by atoms with Gasteiger partial charge >= 0.3 is 0 Å². The first kappa shape index (κ1) is 20.4. The summed E-state index contributed by atoms with van der Waals surface area (Å²) < 4.78 is 4.96. The van der Waals surface area contributed by atoms with Crippen molar-refractivity contribution in [2.75, 3.05) is 37.4 Å². The van der Waals surface area contributed by atoms with Crippen LogP contribution in [0.15, 0.2) is 66.7 Å². The minimum atomic E-state index is -0.184. The van der Waals surface area contributed by atoms with Crippen LogP contribution in [0.1, 0.15) is 16.8 Å². The zero-order valence-electron chi connectivity index (χ0n) is 16.4. The zero-order chi connectivity index (χ0) is 20.5. The molecule has 6 nitrogen and oxygen atoms in total. The number of benzene rings is 3. The molecule has 0 aliphatic heterocycles. The van der Waals surface area contributed by atoms with E-state index in [4.69, 9.17) is 4.74 Å². The number of carbonyl (C=O) groups is 2. The summed E-state index contributed by atoms with van der Waals surface area (Å²) in [5, 5.41) is 11.0. The summed E-state index contributed by atoms with van der Waals surface area (Å²) in [4.78, 5) is 24.5. The molecule has 29 heavy (non-hydrogen) atoms. The molecular formula is C23H25N3O3. The van der Waals surface area contributed by atoms with Gasteiger partial charge in [0.05, 0.1) is 6.54 Å². The van der Waals surface area contributed by atoms with Gasteiger partial charge in [0.15, 0.2) is 0 Å². The predicted molar refractivity (Wildman–Crippen MR) is 116 cm³/mol. The van der Waals surface area contributed by atoms with Crippen molar-refractivity contribution < 1.29 is 14.3 Å². The van der Waals surface area contributed by atoms with E-state index in [9.17, 15) is 9.59 Å². The average molecular weight is 391 g/mol. The van der Waals surface area contributed by atoms with E-state index >= 15 is 0 Å². The molecule has 0 atom stereocenters. The second kappa shape index (κ2) is 10.2. The van der Waals surface area contributed by atoms with Gasteiger partial charge in [-0.25, -0.2) is 0 Å². The first-order valence-corrected chi connectivity index (χ1v) is 9.55. The van der Waals surface area contributed by atoms with Gasteiger partial charge in [-0.1, -0.05) is 36.4 Å². The molecule has 0 saturated heterocycles. The van der Waals surface area contributed by atoms with Gasteiger partial charge in [-0.15, -0.1) is 0 Å².